The normalized spacial score (nSPS) is 17.4. The highest BCUT2D eigenvalue weighted by Crippen LogP contribution is 2.39. The Balaban J connectivity index is 2.23. The molecule has 2 aromatic carbocycles. The molecule has 2 nitrogen and oxygen atoms in total. The number of carbonyl (C=O) groups excluding carboxylic acids is 1. The van der Waals surface area contributed by atoms with Crippen molar-refractivity contribution in [2.24, 2.45) is 0 Å². The predicted octanol–water partition coefficient (Wildman–Crippen LogP) is 4.19. The lowest BCUT2D eigenvalue weighted by atomic mass is 9.92. The largest absolute Gasteiger partial charge is 0.456 e. The molecule has 18 heavy (non-hydrogen) atoms. The molecule has 1 unspecified atom stereocenters. The van der Waals surface area contributed by atoms with Gasteiger partial charge in [-0.15, -0.1) is 0 Å². The number of alkyl halides is 1. The molecule has 0 amide bonds. The summed E-state index contributed by atoms with van der Waals surface area (Å²) in [7, 11) is 0. The smallest absolute Gasteiger partial charge is 0.174 e. The monoisotopic (exact) mass is 350 g/mol. The molecular formula is C15H11IO2. The first-order chi connectivity index (χ1) is 8.81. The van der Waals surface area contributed by atoms with Gasteiger partial charge in [-0.25, -0.2) is 0 Å². The number of Topliss-reactive ketones (excluding diaryl/α,β-unsaturated/α-hetero) is 1. The fraction of sp³-hybridized carbons (Fsp3) is 0.133. The minimum absolute atomic E-state index is 0.120. The topological polar surface area (TPSA) is 26.3 Å². The van der Waals surface area contributed by atoms with E-state index in [-0.39, 0.29) is 11.7 Å². The molecule has 90 valence electrons. The first kappa shape index (κ1) is 11.7. The van der Waals surface area contributed by atoms with Gasteiger partial charge in [0.05, 0.1) is 11.5 Å². The Bertz CT molecular complexity index is 607. The van der Waals surface area contributed by atoms with Crippen LogP contribution in [0.4, 0.5) is 0 Å². The van der Waals surface area contributed by atoms with Gasteiger partial charge in [-0.05, 0) is 18.2 Å². The summed E-state index contributed by atoms with van der Waals surface area (Å²) in [6, 6.07) is 15.2. The Morgan fingerprint density at radius 1 is 1.00 bits per heavy atom. The van der Waals surface area contributed by atoms with E-state index in [9.17, 15) is 4.79 Å². The van der Waals surface area contributed by atoms with E-state index in [4.69, 9.17) is 4.74 Å². The summed E-state index contributed by atoms with van der Waals surface area (Å²) in [4.78, 5) is 12.5. The maximum Gasteiger partial charge on any atom is 0.174 e. The molecule has 0 saturated heterocycles. The van der Waals surface area contributed by atoms with Crippen LogP contribution >= 0.6 is 22.6 Å². The second-order valence-corrected chi connectivity index (χ2v) is 5.09. The third-order valence-electron chi connectivity index (χ3n) is 3.14. The Morgan fingerprint density at radius 3 is 2.44 bits per heavy atom. The number of hydrogen-bond donors (Lipinski definition) is 0. The number of benzene rings is 2. The quantitative estimate of drug-likeness (QED) is 0.569. The van der Waals surface area contributed by atoms with E-state index in [1.807, 2.05) is 48.5 Å². The van der Waals surface area contributed by atoms with Crippen LogP contribution < -0.4 is 4.74 Å². The minimum Gasteiger partial charge on any atom is -0.456 e. The van der Waals surface area contributed by atoms with Crippen LogP contribution in [0.15, 0.2) is 48.5 Å². The van der Waals surface area contributed by atoms with Crippen molar-refractivity contribution in [3.63, 3.8) is 0 Å². The highest BCUT2D eigenvalue weighted by Gasteiger charge is 2.29. The van der Waals surface area contributed by atoms with E-state index < -0.39 is 0 Å². The summed E-state index contributed by atoms with van der Waals surface area (Å²) < 4.78 is 6.64. The zero-order valence-corrected chi connectivity index (χ0v) is 11.8. The van der Waals surface area contributed by atoms with Gasteiger partial charge in [0.2, 0.25) is 0 Å². The summed E-state index contributed by atoms with van der Waals surface area (Å²) in [5.41, 5.74) is 1.66. The van der Waals surface area contributed by atoms with Crippen molar-refractivity contribution in [1.82, 2.24) is 0 Å². The molecule has 0 aliphatic carbocycles. The number of hydrogen-bond acceptors (Lipinski definition) is 2. The molecule has 2 aromatic rings. The van der Waals surface area contributed by atoms with Crippen LogP contribution in [0.25, 0.3) is 0 Å². The predicted molar refractivity (Wildman–Crippen MR) is 78.9 cm³/mol. The number of fused-ring (bicyclic) bond motifs is 2. The summed E-state index contributed by atoms with van der Waals surface area (Å²) in [5, 5.41) is 0. The van der Waals surface area contributed by atoms with Gasteiger partial charge in [0.15, 0.2) is 5.78 Å². The van der Waals surface area contributed by atoms with Crippen LogP contribution in [0.1, 0.15) is 21.8 Å². The van der Waals surface area contributed by atoms with Gasteiger partial charge < -0.3 is 4.74 Å². The Kier molecular flexibility index (Phi) is 3.07. The van der Waals surface area contributed by atoms with Crippen molar-refractivity contribution in [2.45, 2.75) is 5.92 Å². The molecule has 1 aliphatic rings. The lowest BCUT2D eigenvalue weighted by Gasteiger charge is -2.12. The number of carbonyl (C=O) groups is 1. The third-order valence-corrected chi connectivity index (χ3v) is 4.02. The summed E-state index contributed by atoms with van der Waals surface area (Å²) >= 11 is 2.26. The van der Waals surface area contributed by atoms with Gasteiger partial charge in [0.25, 0.3) is 0 Å². The molecule has 0 saturated carbocycles. The summed E-state index contributed by atoms with van der Waals surface area (Å²) in [6.45, 7) is 0. The number of rotatable bonds is 1. The van der Waals surface area contributed by atoms with Gasteiger partial charge in [-0.3, -0.25) is 4.79 Å². The first-order valence-corrected chi connectivity index (χ1v) is 7.30. The van der Waals surface area contributed by atoms with Gasteiger partial charge in [-0.2, -0.15) is 0 Å². The van der Waals surface area contributed by atoms with E-state index in [1.165, 1.54) is 0 Å². The van der Waals surface area contributed by atoms with E-state index in [0.717, 1.165) is 15.7 Å². The molecular weight excluding hydrogens is 339 g/mol. The van der Waals surface area contributed by atoms with E-state index in [0.29, 0.717) is 11.3 Å². The van der Waals surface area contributed by atoms with Crippen LogP contribution in [0.3, 0.4) is 0 Å². The third kappa shape index (κ3) is 1.82. The molecule has 0 aromatic heterocycles. The number of para-hydroxylation sites is 2. The molecule has 3 rings (SSSR count). The zero-order valence-electron chi connectivity index (χ0n) is 9.60. The fourth-order valence-corrected chi connectivity index (χ4v) is 3.10. The maximum atomic E-state index is 12.5. The van der Waals surface area contributed by atoms with Crippen LogP contribution in [-0.4, -0.2) is 10.2 Å². The molecule has 0 N–H and O–H groups in total. The molecule has 0 bridgehead atoms. The lowest BCUT2D eigenvalue weighted by molar-refractivity contribution is 0.0970. The van der Waals surface area contributed by atoms with Gasteiger partial charge >= 0.3 is 0 Å². The molecule has 3 heteroatoms. The molecule has 1 aliphatic heterocycles. The van der Waals surface area contributed by atoms with Crippen molar-refractivity contribution in [3.05, 3.63) is 59.7 Å². The lowest BCUT2D eigenvalue weighted by Crippen LogP contribution is -2.12. The van der Waals surface area contributed by atoms with Crippen molar-refractivity contribution in [2.75, 3.05) is 4.43 Å². The number of ether oxygens (including phenoxy) is 1. The highest BCUT2D eigenvalue weighted by molar-refractivity contribution is 14.1. The van der Waals surface area contributed by atoms with E-state index in [2.05, 4.69) is 22.6 Å². The van der Waals surface area contributed by atoms with E-state index >= 15 is 0 Å². The van der Waals surface area contributed by atoms with Crippen LogP contribution in [0, 0.1) is 0 Å². The average Bonchev–Trinajstić information content (AvgIpc) is 2.53. The zero-order chi connectivity index (χ0) is 12.5. The van der Waals surface area contributed by atoms with Crippen LogP contribution in [0.2, 0.25) is 0 Å². The number of ketones is 1. The maximum absolute atomic E-state index is 12.5. The van der Waals surface area contributed by atoms with Gasteiger partial charge in [-0.1, -0.05) is 52.9 Å². The standard InChI is InChI=1S/C15H11IO2/c16-9-12-10-5-1-3-7-13(10)18-14-8-4-2-6-11(14)15(12)17/h1-8,12H,9H2. The van der Waals surface area contributed by atoms with Crippen molar-refractivity contribution in [3.8, 4) is 11.5 Å². The Labute approximate surface area is 119 Å². The molecule has 0 spiro atoms. The molecule has 0 fully saturated rings. The highest BCUT2D eigenvalue weighted by atomic mass is 127. The second kappa shape index (κ2) is 4.72. The van der Waals surface area contributed by atoms with Crippen LogP contribution in [-0.2, 0) is 0 Å². The molecule has 1 heterocycles. The first-order valence-electron chi connectivity index (χ1n) is 5.77. The van der Waals surface area contributed by atoms with Crippen LogP contribution in [0.5, 0.6) is 11.5 Å². The summed E-state index contributed by atoms with van der Waals surface area (Å²) in [5.74, 6) is 1.47. The van der Waals surface area contributed by atoms with Crippen molar-refractivity contribution in [1.29, 1.82) is 0 Å². The Morgan fingerprint density at radius 2 is 1.67 bits per heavy atom. The van der Waals surface area contributed by atoms with Crippen molar-refractivity contribution >= 4 is 28.4 Å². The van der Waals surface area contributed by atoms with E-state index in [1.54, 1.807) is 0 Å². The second-order valence-electron chi connectivity index (χ2n) is 4.21. The van der Waals surface area contributed by atoms with Gasteiger partial charge in [0, 0.05) is 9.99 Å². The molecule has 0 radical (unpaired) electrons. The summed E-state index contributed by atoms with van der Waals surface area (Å²) in [6.07, 6.45) is 0. The van der Waals surface area contributed by atoms with Gasteiger partial charge in [0.1, 0.15) is 11.5 Å². The minimum atomic E-state index is -0.120. The fourth-order valence-electron chi connectivity index (χ4n) is 2.22. The average molecular weight is 350 g/mol. The SMILES string of the molecule is O=C1c2ccccc2Oc2ccccc2C1CI. The Hall–Kier alpha value is -1.36. The number of halogens is 1. The van der Waals surface area contributed by atoms with Crippen molar-refractivity contribution < 1.29 is 9.53 Å². The molecule has 1 atom stereocenters.